The molecule has 0 heterocycles. The highest BCUT2D eigenvalue weighted by Gasteiger charge is 2.19. The fraction of sp³-hybridized carbons (Fsp3) is 0.727. The van der Waals surface area contributed by atoms with Gasteiger partial charge in [0.2, 0.25) is 5.91 Å². The van der Waals surface area contributed by atoms with Crippen molar-refractivity contribution in [2.75, 3.05) is 0 Å². The first-order valence-corrected chi connectivity index (χ1v) is 5.06. The number of amides is 1. The van der Waals surface area contributed by atoms with Crippen molar-refractivity contribution < 1.29 is 4.79 Å². The third-order valence-corrected chi connectivity index (χ3v) is 2.74. The molecule has 0 saturated heterocycles. The van der Waals surface area contributed by atoms with Gasteiger partial charge in [0.25, 0.3) is 0 Å². The van der Waals surface area contributed by atoms with Crippen LogP contribution in [-0.4, -0.2) is 11.9 Å². The van der Waals surface area contributed by atoms with E-state index in [2.05, 4.69) is 18.8 Å². The summed E-state index contributed by atoms with van der Waals surface area (Å²) in [5, 5.41) is 3.00. The lowest BCUT2D eigenvalue weighted by Gasteiger charge is -2.26. The Morgan fingerprint density at radius 1 is 1.31 bits per heavy atom. The normalized spacial score (nSPS) is 28.2. The summed E-state index contributed by atoms with van der Waals surface area (Å²) < 4.78 is 0. The summed E-state index contributed by atoms with van der Waals surface area (Å²) in [4.78, 5) is 11.3. The maximum atomic E-state index is 11.3. The Morgan fingerprint density at radius 3 is 2.31 bits per heavy atom. The van der Waals surface area contributed by atoms with Crippen LogP contribution in [0.4, 0.5) is 0 Å². The molecule has 0 aromatic carbocycles. The van der Waals surface area contributed by atoms with Gasteiger partial charge in [0.05, 0.1) is 0 Å². The summed E-state index contributed by atoms with van der Waals surface area (Å²) in [7, 11) is 0. The van der Waals surface area contributed by atoms with Crippen LogP contribution in [0.15, 0.2) is 12.2 Å². The Labute approximate surface area is 80.4 Å². The number of nitrogens with one attached hydrogen (secondary N) is 1. The van der Waals surface area contributed by atoms with Gasteiger partial charge in [-0.2, -0.15) is 0 Å². The fourth-order valence-corrected chi connectivity index (χ4v) is 1.71. The molecule has 0 radical (unpaired) electrons. The van der Waals surface area contributed by atoms with E-state index in [1.165, 1.54) is 12.8 Å². The Bertz CT molecular complexity index is 202. The zero-order valence-corrected chi connectivity index (χ0v) is 8.60. The molecular weight excluding hydrogens is 162 g/mol. The fourth-order valence-electron chi connectivity index (χ4n) is 1.71. The third kappa shape index (κ3) is 3.21. The molecule has 13 heavy (non-hydrogen) atoms. The van der Waals surface area contributed by atoms with Crippen molar-refractivity contribution in [2.45, 2.75) is 45.6 Å². The first-order valence-electron chi connectivity index (χ1n) is 5.06. The molecule has 0 spiro atoms. The Hall–Kier alpha value is -0.790. The summed E-state index contributed by atoms with van der Waals surface area (Å²) in [6.07, 6.45) is 4.72. The molecular formula is C11H19NO. The standard InChI is InChI=1S/C11H19NO/c1-8(2)11(13)12-10-6-4-9(3)5-7-10/h9-10H,1,4-7H2,2-3H3,(H,12,13). The molecule has 0 bridgehead atoms. The van der Waals surface area contributed by atoms with E-state index in [1.807, 2.05) is 0 Å². The van der Waals surface area contributed by atoms with E-state index in [-0.39, 0.29) is 5.91 Å². The number of carbonyl (C=O) groups excluding carboxylic acids is 1. The summed E-state index contributed by atoms with van der Waals surface area (Å²) in [5.74, 6) is 0.845. The largest absolute Gasteiger partial charge is 0.350 e. The van der Waals surface area contributed by atoms with Gasteiger partial charge in [-0.05, 0) is 38.5 Å². The van der Waals surface area contributed by atoms with Crippen LogP contribution in [0.1, 0.15) is 39.5 Å². The van der Waals surface area contributed by atoms with E-state index in [0.29, 0.717) is 11.6 Å². The van der Waals surface area contributed by atoms with Crippen molar-refractivity contribution in [3.05, 3.63) is 12.2 Å². The highest BCUT2D eigenvalue weighted by molar-refractivity contribution is 5.92. The zero-order chi connectivity index (χ0) is 9.84. The van der Waals surface area contributed by atoms with Crippen molar-refractivity contribution in [1.29, 1.82) is 0 Å². The van der Waals surface area contributed by atoms with Crippen molar-refractivity contribution >= 4 is 5.91 Å². The van der Waals surface area contributed by atoms with Crippen molar-refractivity contribution in [3.8, 4) is 0 Å². The van der Waals surface area contributed by atoms with E-state index in [9.17, 15) is 4.79 Å². The average Bonchev–Trinajstić information content (AvgIpc) is 2.08. The molecule has 1 rings (SSSR count). The predicted octanol–water partition coefficient (Wildman–Crippen LogP) is 2.26. The van der Waals surface area contributed by atoms with E-state index < -0.39 is 0 Å². The summed E-state index contributed by atoms with van der Waals surface area (Å²) in [5.41, 5.74) is 0.610. The first-order chi connectivity index (χ1) is 6.09. The van der Waals surface area contributed by atoms with Crippen LogP contribution in [0.25, 0.3) is 0 Å². The van der Waals surface area contributed by atoms with Crippen LogP contribution in [0, 0.1) is 5.92 Å². The van der Waals surface area contributed by atoms with E-state index in [1.54, 1.807) is 6.92 Å². The van der Waals surface area contributed by atoms with Gasteiger partial charge in [0.1, 0.15) is 0 Å². The summed E-state index contributed by atoms with van der Waals surface area (Å²) in [6.45, 7) is 7.65. The van der Waals surface area contributed by atoms with Crippen LogP contribution in [0.2, 0.25) is 0 Å². The number of carbonyl (C=O) groups is 1. The average molecular weight is 181 g/mol. The number of hydrogen-bond acceptors (Lipinski definition) is 1. The van der Waals surface area contributed by atoms with Gasteiger partial charge in [0, 0.05) is 11.6 Å². The minimum atomic E-state index is 0.0135. The zero-order valence-electron chi connectivity index (χ0n) is 8.60. The van der Waals surface area contributed by atoms with Gasteiger partial charge < -0.3 is 5.32 Å². The summed E-state index contributed by atoms with van der Waals surface area (Å²) in [6, 6.07) is 0.389. The second kappa shape index (κ2) is 4.45. The molecule has 0 unspecified atom stereocenters. The lowest BCUT2D eigenvalue weighted by molar-refractivity contribution is -0.118. The van der Waals surface area contributed by atoms with Crippen LogP contribution < -0.4 is 5.32 Å². The smallest absolute Gasteiger partial charge is 0.246 e. The van der Waals surface area contributed by atoms with Crippen LogP contribution >= 0.6 is 0 Å². The molecule has 1 saturated carbocycles. The van der Waals surface area contributed by atoms with Gasteiger partial charge in [-0.1, -0.05) is 13.5 Å². The molecule has 0 aromatic rings. The Balaban J connectivity index is 2.30. The third-order valence-electron chi connectivity index (χ3n) is 2.74. The minimum Gasteiger partial charge on any atom is -0.350 e. The molecule has 2 nitrogen and oxygen atoms in total. The van der Waals surface area contributed by atoms with Crippen LogP contribution in [-0.2, 0) is 4.79 Å². The van der Waals surface area contributed by atoms with E-state index in [0.717, 1.165) is 18.8 Å². The van der Waals surface area contributed by atoms with Gasteiger partial charge in [-0.3, -0.25) is 4.79 Å². The molecule has 1 aliphatic carbocycles. The first kappa shape index (κ1) is 10.3. The Morgan fingerprint density at radius 2 is 1.85 bits per heavy atom. The van der Waals surface area contributed by atoms with E-state index in [4.69, 9.17) is 0 Å². The van der Waals surface area contributed by atoms with Gasteiger partial charge in [-0.15, -0.1) is 0 Å². The highest BCUT2D eigenvalue weighted by atomic mass is 16.1. The molecule has 0 aromatic heterocycles. The predicted molar refractivity (Wildman–Crippen MR) is 54.4 cm³/mol. The minimum absolute atomic E-state index is 0.0135. The maximum Gasteiger partial charge on any atom is 0.246 e. The number of rotatable bonds is 2. The molecule has 1 aliphatic rings. The topological polar surface area (TPSA) is 29.1 Å². The second-order valence-electron chi connectivity index (χ2n) is 4.21. The molecule has 1 fully saturated rings. The molecule has 0 aliphatic heterocycles. The van der Waals surface area contributed by atoms with Crippen molar-refractivity contribution in [3.63, 3.8) is 0 Å². The lowest BCUT2D eigenvalue weighted by atomic mass is 9.87. The quantitative estimate of drug-likeness (QED) is 0.650. The lowest BCUT2D eigenvalue weighted by Crippen LogP contribution is -2.37. The monoisotopic (exact) mass is 181 g/mol. The van der Waals surface area contributed by atoms with E-state index >= 15 is 0 Å². The van der Waals surface area contributed by atoms with Crippen molar-refractivity contribution in [2.24, 2.45) is 5.92 Å². The Kier molecular flexibility index (Phi) is 3.52. The van der Waals surface area contributed by atoms with Gasteiger partial charge >= 0.3 is 0 Å². The molecule has 0 atom stereocenters. The van der Waals surface area contributed by atoms with Crippen LogP contribution in [0.5, 0.6) is 0 Å². The summed E-state index contributed by atoms with van der Waals surface area (Å²) >= 11 is 0. The number of hydrogen-bond donors (Lipinski definition) is 1. The van der Waals surface area contributed by atoms with Gasteiger partial charge in [-0.25, -0.2) is 0 Å². The molecule has 74 valence electrons. The SMILES string of the molecule is C=C(C)C(=O)NC1CCC(C)CC1. The van der Waals surface area contributed by atoms with Gasteiger partial charge in [0.15, 0.2) is 0 Å². The van der Waals surface area contributed by atoms with Crippen molar-refractivity contribution in [1.82, 2.24) is 5.32 Å². The second-order valence-corrected chi connectivity index (χ2v) is 4.21. The van der Waals surface area contributed by atoms with Crippen LogP contribution in [0.3, 0.4) is 0 Å². The maximum absolute atomic E-state index is 11.3. The molecule has 1 N–H and O–H groups in total. The molecule has 2 heteroatoms. The highest BCUT2D eigenvalue weighted by Crippen LogP contribution is 2.23. The molecule has 1 amide bonds.